The summed E-state index contributed by atoms with van der Waals surface area (Å²) in [6, 6.07) is 12.0. The van der Waals surface area contributed by atoms with Gasteiger partial charge in [-0.1, -0.05) is 18.2 Å². The Morgan fingerprint density at radius 3 is 2.62 bits per heavy atom. The van der Waals surface area contributed by atoms with Crippen molar-refractivity contribution in [1.82, 2.24) is 14.8 Å². The summed E-state index contributed by atoms with van der Waals surface area (Å²) in [4.78, 5) is 33.0. The fourth-order valence-corrected chi connectivity index (χ4v) is 3.95. The van der Waals surface area contributed by atoms with Crippen LogP contribution in [-0.2, 0) is 16.1 Å². The van der Waals surface area contributed by atoms with Crippen molar-refractivity contribution in [3.8, 4) is 5.75 Å². The molecular weight excluding hydrogens is 373 g/mol. The summed E-state index contributed by atoms with van der Waals surface area (Å²) in [6.07, 6.45) is 3.14. The number of para-hydroxylation sites is 1. The quantitative estimate of drug-likeness (QED) is 0.778. The van der Waals surface area contributed by atoms with Crippen molar-refractivity contribution in [3.05, 3.63) is 60.2 Å². The van der Waals surface area contributed by atoms with Crippen LogP contribution in [0.2, 0.25) is 0 Å². The molecule has 3 heterocycles. The molecule has 2 fully saturated rings. The second-order valence-corrected chi connectivity index (χ2v) is 7.57. The molecule has 1 aromatic carbocycles. The van der Waals surface area contributed by atoms with Gasteiger partial charge in [0.1, 0.15) is 6.10 Å². The topological polar surface area (TPSA) is 62.7 Å². The number of carbonyl (C=O) groups is 2. The number of likely N-dealkylation sites (tertiary alicyclic amines) is 2. The van der Waals surface area contributed by atoms with Crippen LogP contribution in [0.4, 0.5) is 4.39 Å². The molecule has 2 amide bonds. The lowest BCUT2D eigenvalue weighted by atomic mass is 10.0. The Bertz CT molecular complexity index is 869. The normalized spacial score (nSPS) is 20.2. The molecule has 0 N–H and O–H groups in total. The summed E-state index contributed by atoms with van der Waals surface area (Å²) in [6.45, 7) is 1.98. The molecule has 0 unspecified atom stereocenters. The van der Waals surface area contributed by atoms with E-state index < -0.39 is 0 Å². The van der Waals surface area contributed by atoms with Crippen molar-refractivity contribution >= 4 is 11.8 Å². The highest BCUT2D eigenvalue weighted by Crippen LogP contribution is 2.25. The van der Waals surface area contributed by atoms with Gasteiger partial charge < -0.3 is 14.5 Å². The second kappa shape index (κ2) is 8.59. The maximum absolute atomic E-state index is 13.8. The molecule has 0 spiro atoms. The molecule has 4 rings (SSSR count). The van der Waals surface area contributed by atoms with E-state index in [2.05, 4.69) is 4.98 Å². The second-order valence-electron chi connectivity index (χ2n) is 7.57. The number of aromatic nitrogens is 1. The highest BCUT2D eigenvalue weighted by Gasteiger charge is 2.37. The van der Waals surface area contributed by atoms with Crippen LogP contribution < -0.4 is 4.74 Å². The third kappa shape index (κ3) is 4.55. The number of hydrogen-bond donors (Lipinski definition) is 0. The third-order valence-corrected chi connectivity index (χ3v) is 5.53. The summed E-state index contributed by atoms with van der Waals surface area (Å²) >= 11 is 0. The van der Waals surface area contributed by atoms with Gasteiger partial charge in [0.2, 0.25) is 11.8 Å². The standard InChI is InChI=1S/C22H24FN3O3/c23-19-6-1-2-7-20(19)29-18-8-11-25(12-9-18)22(28)16-13-21(27)26(14-16)15-17-5-3-4-10-24-17/h1-7,10,16,18H,8-9,11-15H2/t16-/m0/s1. The average molecular weight is 397 g/mol. The number of halogens is 1. The molecule has 0 saturated carbocycles. The Morgan fingerprint density at radius 1 is 1.14 bits per heavy atom. The van der Waals surface area contributed by atoms with Gasteiger partial charge >= 0.3 is 0 Å². The number of hydrogen-bond acceptors (Lipinski definition) is 4. The van der Waals surface area contributed by atoms with Gasteiger partial charge in [0.15, 0.2) is 11.6 Å². The molecule has 152 valence electrons. The van der Waals surface area contributed by atoms with Crippen molar-refractivity contribution in [1.29, 1.82) is 0 Å². The van der Waals surface area contributed by atoms with Gasteiger partial charge in [-0.2, -0.15) is 0 Å². The molecule has 0 bridgehead atoms. The molecule has 2 aromatic rings. The summed E-state index contributed by atoms with van der Waals surface area (Å²) in [5.41, 5.74) is 0.819. The van der Waals surface area contributed by atoms with Crippen molar-refractivity contribution in [3.63, 3.8) is 0 Å². The zero-order chi connectivity index (χ0) is 20.2. The van der Waals surface area contributed by atoms with Crippen LogP contribution in [0, 0.1) is 11.7 Å². The molecule has 0 radical (unpaired) electrons. The maximum atomic E-state index is 13.8. The molecule has 6 nitrogen and oxygen atoms in total. The van der Waals surface area contributed by atoms with Gasteiger partial charge in [0, 0.05) is 45.1 Å². The van der Waals surface area contributed by atoms with Crippen LogP contribution in [0.25, 0.3) is 0 Å². The average Bonchev–Trinajstić information content (AvgIpc) is 3.11. The zero-order valence-electron chi connectivity index (χ0n) is 16.2. The predicted octanol–water partition coefficient (Wildman–Crippen LogP) is 2.64. The Kier molecular flexibility index (Phi) is 5.74. The lowest BCUT2D eigenvalue weighted by Crippen LogP contribution is -2.44. The molecule has 7 heteroatoms. The first-order chi connectivity index (χ1) is 14.1. The minimum Gasteiger partial charge on any atom is -0.487 e. The van der Waals surface area contributed by atoms with E-state index in [1.54, 1.807) is 29.3 Å². The van der Waals surface area contributed by atoms with Crippen molar-refractivity contribution < 1.29 is 18.7 Å². The van der Waals surface area contributed by atoms with E-state index in [1.165, 1.54) is 6.07 Å². The van der Waals surface area contributed by atoms with Gasteiger partial charge in [-0.25, -0.2) is 4.39 Å². The molecule has 1 aromatic heterocycles. The zero-order valence-corrected chi connectivity index (χ0v) is 16.2. The number of piperidine rings is 1. The summed E-state index contributed by atoms with van der Waals surface area (Å²) < 4.78 is 19.5. The maximum Gasteiger partial charge on any atom is 0.227 e. The number of amides is 2. The SMILES string of the molecule is O=C1C[C@H](C(=O)N2CCC(Oc3ccccc3F)CC2)CN1Cc1ccccn1. The Balaban J connectivity index is 1.28. The fourth-order valence-electron chi connectivity index (χ4n) is 3.95. The van der Waals surface area contributed by atoms with Gasteiger partial charge in [-0.3, -0.25) is 14.6 Å². The predicted molar refractivity (Wildman–Crippen MR) is 104 cm³/mol. The molecule has 0 aliphatic carbocycles. The van der Waals surface area contributed by atoms with Crippen molar-refractivity contribution in [2.45, 2.75) is 31.9 Å². The molecule has 1 atom stereocenters. The Labute approximate surface area is 169 Å². The van der Waals surface area contributed by atoms with E-state index in [-0.39, 0.29) is 41.8 Å². The summed E-state index contributed by atoms with van der Waals surface area (Å²) in [7, 11) is 0. The lowest BCUT2D eigenvalue weighted by Gasteiger charge is -2.33. The van der Waals surface area contributed by atoms with Gasteiger partial charge in [0.25, 0.3) is 0 Å². The Hall–Kier alpha value is -2.96. The van der Waals surface area contributed by atoms with Crippen LogP contribution in [0.15, 0.2) is 48.7 Å². The minimum absolute atomic E-state index is 0.00762. The number of benzene rings is 1. The lowest BCUT2D eigenvalue weighted by molar-refractivity contribution is -0.137. The highest BCUT2D eigenvalue weighted by atomic mass is 19.1. The first-order valence-electron chi connectivity index (χ1n) is 9.98. The molecule has 29 heavy (non-hydrogen) atoms. The number of rotatable bonds is 5. The Morgan fingerprint density at radius 2 is 1.90 bits per heavy atom. The number of ether oxygens (including phenoxy) is 1. The van der Waals surface area contributed by atoms with Crippen LogP contribution in [0.5, 0.6) is 5.75 Å². The minimum atomic E-state index is -0.372. The van der Waals surface area contributed by atoms with E-state index in [9.17, 15) is 14.0 Å². The molecule has 2 aliphatic rings. The van der Waals surface area contributed by atoms with Gasteiger partial charge in [-0.05, 0) is 24.3 Å². The van der Waals surface area contributed by atoms with Gasteiger partial charge in [0.05, 0.1) is 18.2 Å². The first kappa shape index (κ1) is 19.4. The molecular formula is C22H24FN3O3. The van der Waals surface area contributed by atoms with Crippen molar-refractivity contribution in [2.24, 2.45) is 5.92 Å². The van der Waals surface area contributed by atoms with E-state index >= 15 is 0 Å². The number of carbonyl (C=O) groups excluding carboxylic acids is 2. The van der Waals surface area contributed by atoms with E-state index in [1.807, 2.05) is 23.1 Å². The van der Waals surface area contributed by atoms with E-state index in [4.69, 9.17) is 4.74 Å². The molecule has 2 saturated heterocycles. The number of nitrogens with zero attached hydrogens (tertiary/aromatic N) is 3. The van der Waals surface area contributed by atoms with Crippen molar-refractivity contribution in [2.75, 3.05) is 19.6 Å². The van der Waals surface area contributed by atoms with E-state index in [0.29, 0.717) is 39.0 Å². The third-order valence-electron chi connectivity index (χ3n) is 5.53. The van der Waals surface area contributed by atoms with Crippen LogP contribution in [0.3, 0.4) is 0 Å². The molecule has 2 aliphatic heterocycles. The van der Waals surface area contributed by atoms with E-state index in [0.717, 1.165) is 5.69 Å². The first-order valence-corrected chi connectivity index (χ1v) is 9.98. The highest BCUT2D eigenvalue weighted by molar-refractivity contribution is 5.89. The van der Waals surface area contributed by atoms with Crippen LogP contribution >= 0.6 is 0 Å². The fraction of sp³-hybridized carbons (Fsp3) is 0.409. The number of pyridine rings is 1. The largest absolute Gasteiger partial charge is 0.487 e. The van der Waals surface area contributed by atoms with Crippen LogP contribution in [-0.4, -0.2) is 52.3 Å². The van der Waals surface area contributed by atoms with Crippen LogP contribution in [0.1, 0.15) is 25.0 Å². The monoisotopic (exact) mass is 397 g/mol. The van der Waals surface area contributed by atoms with Gasteiger partial charge in [-0.15, -0.1) is 0 Å². The summed E-state index contributed by atoms with van der Waals surface area (Å²) in [5, 5.41) is 0. The summed E-state index contributed by atoms with van der Waals surface area (Å²) in [5.74, 6) is -0.416. The smallest absolute Gasteiger partial charge is 0.227 e.